The van der Waals surface area contributed by atoms with Gasteiger partial charge in [-0.3, -0.25) is 0 Å². The van der Waals surface area contributed by atoms with Crippen LogP contribution in [0.4, 0.5) is 0 Å². The van der Waals surface area contributed by atoms with Crippen molar-refractivity contribution in [2.75, 3.05) is 0 Å². The highest BCUT2D eigenvalue weighted by atomic mass is 32.2. The largest absolute Gasteiger partial charge is 0.392 e. The van der Waals surface area contributed by atoms with Gasteiger partial charge in [-0.15, -0.1) is 0 Å². The van der Waals surface area contributed by atoms with Gasteiger partial charge in [0.25, 0.3) is 0 Å². The van der Waals surface area contributed by atoms with Gasteiger partial charge in [-0.2, -0.15) is 0 Å². The van der Waals surface area contributed by atoms with E-state index in [0.29, 0.717) is 6.42 Å². The van der Waals surface area contributed by atoms with Crippen molar-refractivity contribution in [2.24, 2.45) is 0 Å². The second-order valence-electron chi connectivity index (χ2n) is 3.93. The van der Waals surface area contributed by atoms with Crippen molar-refractivity contribution in [3.63, 3.8) is 0 Å². The first-order chi connectivity index (χ1) is 7.50. The average Bonchev–Trinajstić information content (AvgIpc) is 2.26. The van der Waals surface area contributed by atoms with Crippen LogP contribution in [-0.4, -0.2) is 24.9 Å². The van der Waals surface area contributed by atoms with Gasteiger partial charge in [0.05, 0.1) is 16.2 Å². The summed E-state index contributed by atoms with van der Waals surface area (Å²) >= 11 is 0. The molecule has 0 fully saturated rings. The molecule has 4 heteroatoms. The third-order valence-corrected chi connectivity index (χ3v) is 4.94. The minimum absolute atomic E-state index is 0.286. The number of rotatable bonds is 5. The van der Waals surface area contributed by atoms with E-state index < -0.39 is 21.2 Å². The molecule has 3 nitrogen and oxygen atoms in total. The van der Waals surface area contributed by atoms with Gasteiger partial charge in [0.15, 0.2) is 9.84 Å². The molecule has 0 radical (unpaired) electrons. The van der Waals surface area contributed by atoms with Gasteiger partial charge < -0.3 is 5.11 Å². The molecule has 16 heavy (non-hydrogen) atoms. The van der Waals surface area contributed by atoms with Crippen molar-refractivity contribution in [3.05, 3.63) is 30.3 Å². The summed E-state index contributed by atoms with van der Waals surface area (Å²) in [5, 5.41) is 8.85. The van der Waals surface area contributed by atoms with Gasteiger partial charge >= 0.3 is 0 Å². The Morgan fingerprint density at radius 2 is 1.81 bits per heavy atom. The fourth-order valence-corrected chi connectivity index (χ4v) is 3.68. The Bertz CT molecular complexity index is 409. The van der Waals surface area contributed by atoms with E-state index in [1.807, 2.05) is 6.92 Å². The van der Waals surface area contributed by atoms with Crippen molar-refractivity contribution < 1.29 is 13.5 Å². The third kappa shape index (κ3) is 2.83. The second kappa shape index (κ2) is 5.46. The molecule has 90 valence electrons. The van der Waals surface area contributed by atoms with Crippen LogP contribution >= 0.6 is 0 Å². The van der Waals surface area contributed by atoms with Gasteiger partial charge in [0.1, 0.15) is 0 Å². The smallest absolute Gasteiger partial charge is 0.183 e. The normalized spacial score (nSPS) is 15.7. The maximum atomic E-state index is 12.2. The lowest BCUT2D eigenvalue weighted by Gasteiger charge is -2.19. The van der Waals surface area contributed by atoms with Crippen molar-refractivity contribution in [1.82, 2.24) is 0 Å². The molecule has 0 aliphatic heterocycles. The molecular formula is C12H18O3S. The third-order valence-electron chi connectivity index (χ3n) is 2.58. The summed E-state index contributed by atoms with van der Waals surface area (Å²) in [5.41, 5.74) is 0. The van der Waals surface area contributed by atoms with Crippen LogP contribution in [0.25, 0.3) is 0 Å². The van der Waals surface area contributed by atoms with Crippen molar-refractivity contribution in [2.45, 2.75) is 42.9 Å². The van der Waals surface area contributed by atoms with Crippen LogP contribution in [0.1, 0.15) is 26.7 Å². The Labute approximate surface area is 97.0 Å². The summed E-state index contributed by atoms with van der Waals surface area (Å²) in [6.45, 7) is 3.44. The lowest BCUT2D eigenvalue weighted by molar-refractivity contribution is 0.183. The van der Waals surface area contributed by atoms with E-state index in [9.17, 15) is 13.5 Å². The molecule has 0 saturated heterocycles. The van der Waals surface area contributed by atoms with Crippen LogP contribution in [0.3, 0.4) is 0 Å². The minimum Gasteiger partial charge on any atom is -0.392 e. The predicted octanol–water partition coefficient (Wildman–Crippen LogP) is 2.01. The Kier molecular flexibility index (Phi) is 4.50. The molecule has 0 aliphatic carbocycles. The molecule has 1 aromatic carbocycles. The Balaban J connectivity index is 3.09. The summed E-state index contributed by atoms with van der Waals surface area (Å²) in [7, 11) is -3.41. The molecule has 0 amide bonds. The van der Waals surface area contributed by atoms with E-state index in [1.165, 1.54) is 6.92 Å². The second-order valence-corrected chi connectivity index (χ2v) is 6.09. The topological polar surface area (TPSA) is 54.4 Å². The molecule has 2 atom stereocenters. The minimum atomic E-state index is -3.41. The lowest BCUT2D eigenvalue weighted by Crippen LogP contribution is -2.32. The monoisotopic (exact) mass is 242 g/mol. The molecule has 1 aromatic rings. The van der Waals surface area contributed by atoms with Gasteiger partial charge in [0.2, 0.25) is 0 Å². The zero-order valence-corrected chi connectivity index (χ0v) is 10.4. The summed E-state index contributed by atoms with van der Waals surface area (Å²) < 4.78 is 24.4. The van der Waals surface area contributed by atoms with Crippen molar-refractivity contribution >= 4 is 9.84 Å². The molecule has 0 bridgehead atoms. The van der Waals surface area contributed by atoms with Crippen LogP contribution in [0.15, 0.2) is 35.2 Å². The molecule has 1 rings (SSSR count). The number of hydrogen-bond donors (Lipinski definition) is 1. The first kappa shape index (κ1) is 13.2. The maximum Gasteiger partial charge on any atom is 0.183 e. The van der Waals surface area contributed by atoms with Crippen molar-refractivity contribution in [1.29, 1.82) is 0 Å². The average molecular weight is 242 g/mol. The first-order valence-electron chi connectivity index (χ1n) is 5.47. The fourth-order valence-electron chi connectivity index (χ4n) is 1.73. The number of sulfone groups is 1. The Hall–Kier alpha value is -0.870. The highest BCUT2D eigenvalue weighted by Gasteiger charge is 2.30. The quantitative estimate of drug-likeness (QED) is 0.859. The summed E-state index contributed by atoms with van der Waals surface area (Å²) in [6.07, 6.45) is 0.376. The van der Waals surface area contributed by atoms with E-state index in [4.69, 9.17) is 0 Å². The van der Waals surface area contributed by atoms with Crippen LogP contribution in [0.5, 0.6) is 0 Å². The number of aliphatic hydroxyl groups excluding tert-OH is 1. The first-order valence-corrected chi connectivity index (χ1v) is 7.01. The SMILES string of the molecule is CCC[C@H]([C@@H](C)O)S(=O)(=O)c1ccccc1. The standard InChI is InChI=1S/C12H18O3S/c1-3-7-12(10(2)13)16(14,15)11-8-5-4-6-9-11/h4-6,8-10,12-13H,3,7H2,1-2H3/t10-,12-/m1/s1. The number of benzene rings is 1. The van der Waals surface area contributed by atoms with E-state index in [1.54, 1.807) is 30.3 Å². The van der Waals surface area contributed by atoms with Gasteiger partial charge in [0, 0.05) is 0 Å². The fraction of sp³-hybridized carbons (Fsp3) is 0.500. The highest BCUT2D eigenvalue weighted by Crippen LogP contribution is 2.21. The lowest BCUT2D eigenvalue weighted by atomic mass is 10.2. The summed E-state index contributed by atoms with van der Waals surface area (Å²) in [4.78, 5) is 0.286. The number of hydrogen-bond acceptors (Lipinski definition) is 3. The van der Waals surface area contributed by atoms with Crippen LogP contribution in [0, 0.1) is 0 Å². The molecular weight excluding hydrogens is 224 g/mol. The summed E-state index contributed by atoms with van der Waals surface area (Å²) in [6, 6.07) is 8.30. The maximum absolute atomic E-state index is 12.2. The van der Waals surface area contributed by atoms with Crippen LogP contribution in [0.2, 0.25) is 0 Å². The molecule has 0 aliphatic rings. The predicted molar refractivity (Wildman–Crippen MR) is 64.0 cm³/mol. The van der Waals surface area contributed by atoms with Crippen LogP contribution in [-0.2, 0) is 9.84 Å². The van der Waals surface area contributed by atoms with E-state index in [0.717, 1.165) is 6.42 Å². The van der Waals surface area contributed by atoms with Gasteiger partial charge in [-0.25, -0.2) is 8.42 Å². The Morgan fingerprint density at radius 3 is 2.25 bits per heavy atom. The van der Waals surface area contributed by atoms with E-state index in [-0.39, 0.29) is 4.90 Å². The van der Waals surface area contributed by atoms with Crippen molar-refractivity contribution in [3.8, 4) is 0 Å². The molecule has 1 N–H and O–H groups in total. The molecule has 0 unspecified atom stereocenters. The molecule has 0 saturated carbocycles. The molecule has 0 heterocycles. The van der Waals surface area contributed by atoms with E-state index >= 15 is 0 Å². The molecule has 0 aromatic heterocycles. The number of aliphatic hydroxyl groups is 1. The summed E-state index contributed by atoms with van der Waals surface area (Å²) in [5.74, 6) is 0. The van der Waals surface area contributed by atoms with E-state index in [2.05, 4.69) is 0 Å². The molecule has 0 spiro atoms. The van der Waals surface area contributed by atoms with Crippen LogP contribution < -0.4 is 0 Å². The van der Waals surface area contributed by atoms with Gasteiger partial charge in [-0.05, 0) is 25.5 Å². The highest BCUT2D eigenvalue weighted by molar-refractivity contribution is 7.92. The van der Waals surface area contributed by atoms with Gasteiger partial charge in [-0.1, -0.05) is 31.5 Å². The Morgan fingerprint density at radius 1 is 1.25 bits per heavy atom. The zero-order chi connectivity index (χ0) is 12.2. The zero-order valence-electron chi connectivity index (χ0n) is 9.63.